The van der Waals surface area contributed by atoms with Crippen molar-refractivity contribution in [3.05, 3.63) is 143 Å². The van der Waals surface area contributed by atoms with Crippen LogP contribution in [-0.2, 0) is 20.9 Å². The number of benzene rings is 4. The molecule has 3 aliphatic heterocycles. The molecule has 1 aliphatic carbocycles. The van der Waals surface area contributed by atoms with Gasteiger partial charge in [0.15, 0.2) is 0 Å². The number of ether oxygens (including phenoxy) is 2. The van der Waals surface area contributed by atoms with Crippen LogP contribution < -0.4 is 15.4 Å². The van der Waals surface area contributed by atoms with Crippen molar-refractivity contribution >= 4 is 41.2 Å². The summed E-state index contributed by atoms with van der Waals surface area (Å²) in [6, 6.07) is 27.7. The number of carbonyl (C=O) groups is 2. The lowest BCUT2D eigenvalue weighted by Gasteiger charge is -2.35. The van der Waals surface area contributed by atoms with Crippen LogP contribution in [0.2, 0.25) is 0 Å². The highest BCUT2D eigenvalue weighted by atomic mass is 19.1. The molecule has 10 rings (SSSR count). The van der Waals surface area contributed by atoms with E-state index in [9.17, 15) is 0 Å². The Kier molecular flexibility index (Phi) is 23.7. The first kappa shape index (κ1) is 61.7. The summed E-state index contributed by atoms with van der Waals surface area (Å²) in [4.78, 5) is 27.0. The lowest BCUT2D eigenvalue weighted by atomic mass is 9.76. The summed E-state index contributed by atoms with van der Waals surface area (Å²) in [6.45, 7) is 31.0. The van der Waals surface area contributed by atoms with Crippen molar-refractivity contribution in [3.8, 4) is 5.75 Å². The molecule has 4 aromatic carbocycles. The number of carbonyl (C=O) groups excluding carboxylic acids is 2. The van der Waals surface area contributed by atoms with Crippen molar-refractivity contribution in [3.63, 3.8) is 0 Å². The van der Waals surface area contributed by atoms with Crippen molar-refractivity contribution in [1.29, 1.82) is 0 Å². The number of fused-ring (bicyclic) bond motifs is 2. The lowest BCUT2D eigenvalue weighted by Crippen LogP contribution is -2.36. The number of aromatic nitrogens is 3. The number of hydrogen-bond acceptors (Lipinski definition) is 8. The molecule has 0 unspecified atom stereocenters. The first-order valence-electron chi connectivity index (χ1n) is 28.2. The standard InChI is InChI=1S/C56H69F2N7O.C2H6O.2C2H6.2CH2O/c1-34(2)36(4)37(5)63-26-7-9-44(63)33-64-55-22-19-43(29-51(55)61-64)53-24-23-52(42-16-15-41-27-50(60-49(41)28-42)54-10-8-25-62(54)35(3)32-59)65(53)45-30-47(57)56(48(58)31-45)40-13-11-38(12-14-40)39-17-20-46(66-6)21-18-39;1-3-2;4*1-2/h15-22,27-31,34,36,38,40,44,52-54,60-61H,3,5,7-14,23-26,32-33,59H2,1-2,4,6H3;1-2H3;2*1-2H3;2*1H2/t36-,38?,40?,44-,52+,53+,54-;;;;;/m0...../s1. The smallest absolute Gasteiger partial charge is 0.131 e. The molecule has 5 atom stereocenters. The summed E-state index contributed by atoms with van der Waals surface area (Å²) in [5, 5.41) is 4.83. The van der Waals surface area contributed by atoms with E-state index in [2.05, 4.69) is 123 Å². The quantitative estimate of drug-likeness (QED) is 0.0985. The van der Waals surface area contributed by atoms with E-state index in [1.54, 1.807) is 33.5 Å². The van der Waals surface area contributed by atoms with Gasteiger partial charge in [-0.1, -0.05) is 92.0 Å². The highest BCUT2D eigenvalue weighted by Gasteiger charge is 2.38. The third-order valence-corrected chi connectivity index (χ3v) is 16.4. The molecule has 11 nitrogen and oxygen atoms in total. The molecule has 4 aliphatic rings. The topological polar surface area (TPSA) is 125 Å². The second kappa shape index (κ2) is 29.5. The maximum absolute atomic E-state index is 16.8. The van der Waals surface area contributed by atoms with Crippen LogP contribution in [0, 0.1) is 23.5 Å². The number of nitrogens with one attached hydrogen (secondary N) is 2. The van der Waals surface area contributed by atoms with E-state index in [1.165, 1.54) is 28.9 Å². The van der Waals surface area contributed by atoms with Crippen LogP contribution in [-0.4, -0.2) is 85.1 Å². The van der Waals surface area contributed by atoms with Gasteiger partial charge in [0, 0.05) is 73.8 Å². The van der Waals surface area contributed by atoms with E-state index < -0.39 is 11.6 Å². The van der Waals surface area contributed by atoms with Crippen molar-refractivity contribution in [2.24, 2.45) is 17.6 Å². The molecular weight excluding hydrogens is 969 g/mol. The predicted molar refractivity (Wildman–Crippen MR) is 315 cm³/mol. The number of allylic oxidation sites excluding steroid dienone is 1. The number of aromatic amines is 2. The average Bonchev–Trinajstić information content (AvgIpc) is 4.34. The highest BCUT2D eigenvalue weighted by Crippen LogP contribution is 2.50. The van der Waals surface area contributed by atoms with Gasteiger partial charge in [-0.15, -0.1) is 0 Å². The number of halogens is 2. The van der Waals surface area contributed by atoms with Crippen LogP contribution in [0.1, 0.15) is 171 Å². The minimum Gasteiger partial charge on any atom is -0.497 e. The second-order valence-electron chi connectivity index (χ2n) is 20.8. The summed E-state index contributed by atoms with van der Waals surface area (Å²) >= 11 is 0. The number of nitrogens with two attached hydrogens (primary N) is 1. The molecule has 13 heteroatoms. The van der Waals surface area contributed by atoms with Gasteiger partial charge in [0.1, 0.15) is 31.0 Å². The predicted octanol–water partition coefficient (Wildman–Crippen LogP) is 15.1. The minimum absolute atomic E-state index is 0.0730. The van der Waals surface area contributed by atoms with Gasteiger partial charge in [-0.2, -0.15) is 0 Å². The molecule has 0 radical (unpaired) electrons. The maximum Gasteiger partial charge on any atom is 0.131 e. The Morgan fingerprint density at radius 3 is 1.79 bits per heavy atom. The van der Waals surface area contributed by atoms with Gasteiger partial charge in [0.05, 0.1) is 42.8 Å². The minimum atomic E-state index is -0.437. The molecule has 6 aromatic rings. The fraction of sp³-hybridized carbons (Fsp3) is 0.500. The Labute approximate surface area is 459 Å². The molecule has 0 bridgehead atoms. The fourth-order valence-corrected chi connectivity index (χ4v) is 12.3. The summed E-state index contributed by atoms with van der Waals surface area (Å²) in [5.74, 6) is 1.18. The van der Waals surface area contributed by atoms with Gasteiger partial charge in [-0.3, -0.25) is 9.78 Å². The van der Waals surface area contributed by atoms with E-state index in [0.717, 1.165) is 116 Å². The first-order valence-corrected chi connectivity index (χ1v) is 28.2. The van der Waals surface area contributed by atoms with E-state index in [1.807, 2.05) is 53.4 Å². The molecular formula is C64H91F2N7O4. The Bertz CT molecular complexity index is 2750. The van der Waals surface area contributed by atoms with Crippen molar-refractivity contribution in [2.45, 2.75) is 155 Å². The Morgan fingerprint density at radius 1 is 0.675 bits per heavy atom. The van der Waals surface area contributed by atoms with Gasteiger partial charge in [0.25, 0.3) is 0 Å². The normalized spacial score (nSPS) is 21.1. The van der Waals surface area contributed by atoms with Crippen molar-refractivity contribution in [1.82, 2.24) is 24.6 Å². The molecule has 77 heavy (non-hydrogen) atoms. The number of nitrogens with zero attached hydrogens (tertiary/aromatic N) is 4. The van der Waals surface area contributed by atoms with Gasteiger partial charge >= 0.3 is 0 Å². The van der Waals surface area contributed by atoms with E-state index in [0.29, 0.717) is 36.0 Å². The van der Waals surface area contributed by atoms with E-state index in [4.69, 9.17) is 20.1 Å². The Balaban J connectivity index is 0.000000931. The van der Waals surface area contributed by atoms with Gasteiger partial charge in [-0.05, 0) is 158 Å². The molecule has 420 valence electrons. The SMILES string of the molecule is C=C([C@@H](C)C(C)C)N1CCC[C@H]1Cn1[nH]c2cc([C@H]3CC[C@H](c4ccc5cc([C@@H]6CCCN6C(=C)CN)[nH]c5c4)N3c3cc(F)c(C4CCC(c5ccc(OC)cc5)CC4)c(F)c3)ccc21.C=O.C=O.CC.CC.COC. The molecule has 4 fully saturated rings. The van der Waals surface area contributed by atoms with Crippen LogP contribution in [0.5, 0.6) is 5.75 Å². The zero-order valence-electron chi connectivity index (χ0n) is 48.1. The number of rotatable bonds is 14. The monoisotopic (exact) mass is 1060 g/mol. The lowest BCUT2D eigenvalue weighted by molar-refractivity contribution is -0.0987. The van der Waals surface area contributed by atoms with Crippen molar-refractivity contribution in [2.75, 3.05) is 45.9 Å². The molecule has 0 amide bonds. The number of methoxy groups -OCH3 is 2. The summed E-state index contributed by atoms with van der Waals surface area (Å²) < 4.78 is 45.4. The summed E-state index contributed by atoms with van der Waals surface area (Å²) in [6.07, 6.45) is 9.48. The molecule has 0 spiro atoms. The van der Waals surface area contributed by atoms with Gasteiger partial charge in [-0.25, -0.2) is 8.78 Å². The summed E-state index contributed by atoms with van der Waals surface area (Å²) in [7, 11) is 4.93. The third kappa shape index (κ3) is 13.8. The van der Waals surface area contributed by atoms with Crippen LogP contribution in [0.4, 0.5) is 14.5 Å². The molecule has 4 N–H and O–H groups in total. The van der Waals surface area contributed by atoms with Crippen LogP contribution in [0.3, 0.4) is 0 Å². The van der Waals surface area contributed by atoms with Crippen LogP contribution in [0.25, 0.3) is 21.9 Å². The maximum atomic E-state index is 16.8. The number of likely N-dealkylation sites (tertiary alicyclic amines) is 2. The zero-order chi connectivity index (χ0) is 56.5. The molecule has 1 saturated carbocycles. The van der Waals surface area contributed by atoms with Crippen molar-refractivity contribution < 1.29 is 27.8 Å². The number of anilines is 1. The highest BCUT2D eigenvalue weighted by molar-refractivity contribution is 5.82. The molecule has 2 aromatic heterocycles. The van der Waals surface area contributed by atoms with Crippen LogP contribution >= 0.6 is 0 Å². The number of hydrogen-bond donors (Lipinski definition) is 3. The van der Waals surface area contributed by atoms with E-state index in [-0.39, 0.29) is 29.6 Å². The first-order chi connectivity index (χ1) is 37.4. The third-order valence-electron chi connectivity index (χ3n) is 16.4. The Morgan fingerprint density at radius 2 is 1.22 bits per heavy atom. The molecule has 3 saturated heterocycles. The fourth-order valence-electron chi connectivity index (χ4n) is 12.3. The van der Waals surface area contributed by atoms with Crippen LogP contribution in [0.15, 0.2) is 103 Å². The van der Waals surface area contributed by atoms with Gasteiger partial charge < -0.3 is 44.5 Å². The summed E-state index contributed by atoms with van der Waals surface area (Å²) in [5.41, 5.74) is 17.2. The van der Waals surface area contributed by atoms with Gasteiger partial charge in [0.2, 0.25) is 0 Å². The second-order valence-corrected chi connectivity index (χ2v) is 20.8. The number of H-pyrrole nitrogens is 2. The average molecular weight is 1060 g/mol. The zero-order valence-corrected chi connectivity index (χ0v) is 48.1. The van der Waals surface area contributed by atoms with E-state index >= 15 is 8.78 Å². The Hall–Kier alpha value is -6.18. The largest absolute Gasteiger partial charge is 0.497 e. The molecule has 5 heterocycles.